The van der Waals surface area contributed by atoms with Crippen molar-refractivity contribution in [3.8, 4) is 0 Å². The second-order valence-electron chi connectivity index (χ2n) is 2.08. The molecule has 0 rings (SSSR count). The summed E-state index contributed by atoms with van der Waals surface area (Å²) in [6, 6.07) is 0. The van der Waals surface area contributed by atoms with Crippen molar-refractivity contribution in [2.24, 2.45) is 0 Å². The van der Waals surface area contributed by atoms with Gasteiger partial charge in [-0.25, -0.2) is 0 Å². The monoisotopic (exact) mass is 334 g/mol. The van der Waals surface area contributed by atoms with Crippen molar-refractivity contribution < 1.29 is 105 Å². The quantitative estimate of drug-likeness (QED) is 0.269. The minimum atomic E-state index is -3.66. The number of carboxylic acid groups (broad SMARTS) is 2. The van der Waals surface area contributed by atoms with Crippen molar-refractivity contribution in [3.63, 3.8) is 0 Å². The molecule has 0 atom stereocenters. The van der Waals surface area contributed by atoms with Crippen LogP contribution in [0.3, 0.4) is 0 Å². The first-order valence-electron chi connectivity index (χ1n) is 3.91. The molecule has 0 saturated carbocycles. The number of hydrogen-bond acceptors (Lipinski definition) is 10. The average molecular weight is 334 g/mol. The van der Waals surface area contributed by atoms with Crippen molar-refractivity contribution >= 4 is 28.5 Å². The first-order chi connectivity index (χ1) is 7.98. The van der Waals surface area contributed by atoms with E-state index in [-0.39, 0.29) is 59.1 Å². The molecule has 0 N–H and O–H groups in total. The smallest absolute Gasteiger partial charge is 0.652 e. The third-order valence-electron chi connectivity index (χ3n) is 0.696. The van der Waals surface area contributed by atoms with Crippen LogP contribution in [0.5, 0.6) is 0 Å². The number of carbonyl (C=O) groups is 3. The molecule has 0 bridgehead atoms. The Hall–Kier alpha value is 0.280. The van der Waals surface area contributed by atoms with Gasteiger partial charge in [-0.2, -0.15) is 8.42 Å². The van der Waals surface area contributed by atoms with Gasteiger partial charge in [-0.05, 0) is 6.16 Å². The van der Waals surface area contributed by atoms with Gasteiger partial charge in [0.15, 0.2) is 0 Å². The fourth-order valence-corrected chi connectivity index (χ4v) is 0.407. The van der Waals surface area contributed by atoms with Gasteiger partial charge in [0, 0.05) is 13.8 Å². The zero-order chi connectivity index (χ0) is 15.4. The Kier molecular flexibility index (Phi) is 31.1. The molecule has 20 heavy (non-hydrogen) atoms. The fraction of sp³-hybridized carbons (Fsp3) is 0.571. The number of esters is 2. The molecule has 0 fully saturated rings. The molecule has 0 unspecified atom stereocenters. The Labute approximate surface area is 160 Å². The zero-order valence-corrected chi connectivity index (χ0v) is 16.8. The summed E-state index contributed by atoms with van der Waals surface area (Å²) in [5, 5.41) is 16.7. The summed E-state index contributed by atoms with van der Waals surface area (Å²) >= 11 is 0. The van der Waals surface area contributed by atoms with Crippen LogP contribution < -0.4 is 69.3 Å². The molecule has 0 aliphatic carbocycles. The number of rotatable bonds is 2. The van der Waals surface area contributed by atoms with Gasteiger partial charge < -0.3 is 19.7 Å². The molecule has 0 aliphatic heterocycles. The maximum Gasteiger partial charge on any atom is 1.00 e. The van der Waals surface area contributed by atoms with Gasteiger partial charge in [-0.3, -0.25) is 18.0 Å². The zero-order valence-electron chi connectivity index (χ0n) is 12.0. The minimum Gasteiger partial charge on any atom is -0.652 e. The van der Waals surface area contributed by atoms with E-state index in [1.165, 1.54) is 13.8 Å². The van der Waals surface area contributed by atoms with Crippen molar-refractivity contribution in [1.29, 1.82) is 0 Å². The summed E-state index contributed by atoms with van der Waals surface area (Å²) in [6.45, 7) is 2.36. The van der Waals surface area contributed by atoms with Gasteiger partial charge in [0.2, 0.25) is 0 Å². The van der Waals surface area contributed by atoms with Crippen LogP contribution in [0, 0.1) is 0 Å². The van der Waals surface area contributed by atoms with Crippen molar-refractivity contribution in [1.82, 2.24) is 0 Å². The van der Waals surface area contributed by atoms with Crippen LogP contribution in [-0.4, -0.2) is 40.7 Å². The molecule has 0 aromatic heterocycles. The topological polar surface area (TPSA) is 159 Å². The molecule has 0 aromatic rings. The third-order valence-corrected chi connectivity index (χ3v) is 1.51. The van der Waals surface area contributed by atoms with Gasteiger partial charge in [0.05, 0.1) is 14.2 Å². The largest absolute Gasteiger partial charge is 1.00 e. The maximum absolute atomic E-state index is 9.92. The van der Waals surface area contributed by atoms with Gasteiger partial charge in [-0.15, -0.1) is 0 Å². The Bertz CT molecular complexity index is 340. The Morgan fingerprint density at radius 3 is 1.05 bits per heavy atom. The second kappa shape index (κ2) is 19.3. The van der Waals surface area contributed by atoms with Gasteiger partial charge in [0.25, 0.3) is 0 Å². The van der Waals surface area contributed by atoms with Crippen LogP contribution in [0.2, 0.25) is 0 Å². The molecule has 0 spiro atoms. The van der Waals surface area contributed by atoms with Crippen LogP contribution in [0.25, 0.3) is 0 Å². The van der Waals surface area contributed by atoms with Gasteiger partial charge >= 0.3 is 81.5 Å². The van der Waals surface area contributed by atoms with E-state index >= 15 is 0 Å². The van der Waals surface area contributed by atoms with E-state index < -0.39 is 28.5 Å². The summed E-state index contributed by atoms with van der Waals surface area (Å²) < 4.78 is 31.5. The molecular weight excluding hydrogens is 322 g/mol. The Morgan fingerprint density at radius 2 is 1.05 bits per heavy atom. The summed E-state index contributed by atoms with van der Waals surface area (Å²) in [4.78, 5) is 28.0. The molecule has 10 nitrogen and oxygen atoms in total. The number of ether oxygens (including phenoxy) is 1. The molecular formula is C7H12Na2O10S. The SMILES string of the molecule is CC(=O)OC(C)=O.COS(=O)(=O)OC.O=C([O-])[O-].[Na+].[Na+]. The van der Waals surface area contributed by atoms with Crippen LogP contribution in [0.4, 0.5) is 4.79 Å². The molecule has 0 aliphatic rings. The van der Waals surface area contributed by atoms with E-state index in [1.54, 1.807) is 0 Å². The summed E-state index contributed by atoms with van der Waals surface area (Å²) in [5.74, 6) is -1.12. The standard InChI is InChI=1S/C4H6O3.C2H6O4S.CH2O3.2Na/c1-3(5)7-4(2)6;1-5-7(3,4)6-2;2-1(3)4;;/h2*1-2H3;(H2,2,3,4);;/q;;;2*+1/p-2. The van der Waals surface area contributed by atoms with E-state index in [0.717, 1.165) is 14.2 Å². The van der Waals surface area contributed by atoms with Crippen molar-refractivity contribution in [3.05, 3.63) is 0 Å². The van der Waals surface area contributed by atoms with Crippen molar-refractivity contribution in [2.75, 3.05) is 14.2 Å². The first kappa shape index (κ1) is 32.3. The van der Waals surface area contributed by atoms with Crippen molar-refractivity contribution in [2.45, 2.75) is 13.8 Å². The van der Waals surface area contributed by atoms with E-state index in [9.17, 15) is 18.0 Å². The van der Waals surface area contributed by atoms with Crippen LogP contribution in [-0.2, 0) is 33.1 Å². The maximum atomic E-state index is 9.92. The molecule has 108 valence electrons. The molecule has 0 heterocycles. The Morgan fingerprint density at radius 1 is 0.850 bits per heavy atom. The van der Waals surface area contributed by atoms with Gasteiger partial charge in [0.1, 0.15) is 0 Å². The molecule has 0 radical (unpaired) electrons. The summed E-state index contributed by atoms with van der Waals surface area (Å²) in [6.07, 6.45) is -2.33. The number of carbonyl (C=O) groups excluding carboxylic acids is 3. The normalized spacial score (nSPS) is 8.00. The first-order valence-corrected chi connectivity index (χ1v) is 5.25. The molecule has 0 aromatic carbocycles. The predicted octanol–water partition coefficient (Wildman–Crippen LogP) is -8.82. The molecule has 0 saturated heterocycles. The van der Waals surface area contributed by atoms with E-state index in [2.05, 4.69) is 13.1 Å². The van der Waals surface area contributed by atoms with Crippen LogP contribution >= 0.6 is 0 Å². The average Bonchev–Trinajstić information content (AvgIpc) is 2.15. The van der Waals surface area contributed by atoms with E-state index in [0.29, 0.717) is 0 Å². The fourth-order valence-electron chi connectivity index (χ4n) is 0.270. The van der Waals surface area contributed by atoms with Gasteiger partial charge in [-0.1, -0.05) is 0 Å². The molecule has 13 heteroatoms. The summed E-state index contributed by atoms with van der Waals surface area (Å²) in [7, 11) is -1.60. The minimum absolute atomic E-state index is 0. The predicted molar refractivity (Wildman–Crippen MR) is 50.8 cm³/mol. The summed E-state index contributed by atoms with van der Waals surface area (Å²) in [5.41, 5.74) is 0. The molecule has 0 amide bonds. The second-order valence-corrected chi connectivity index (χ2v) is 3.56. The Balaban J connectivity index is -0.0000000555. The van der Waals surface area contributed by atoms with E-state index in [1.807, 2.05) is 0 Å². The van der Waals surface area contributed by atoms with Crippen LogP contribution in [0.1, 0.15) is 13.8 Å². The number of hydrogen-bond donors (Lipinski definition) is 0. The van der Waals surface area contributed by atoms with Crippen LogP contribution in [0.15, 0.2) is 0 Å². The third kappa shape index (κ3) is 51.7. The van der Waals surface area contributed by atoms with E-state index in [4.69, 9.17) is 15.0 Å².